The van der Waals surface area contributed by atoms with Gasteiger partial charge >= 0.3 is 0 Å². The number of nitrogens with one attached hydrogen (secondary N) is 1. The first-order valence-electron chi connectivity index (χ1n) is 2.70. The largest absolute Gasteiger partial charge is 0.297 e. The summed E-state index contributed by atoms with van der Waals surface area (Å²) in [6.45, 7) is 1.99. The Labute approximate surface area is 48.7 Å². The molecule has 1 aliphatic rings. The number of rotatable bonds is 0. The summed E-state index contributed by atoms with van der Waals surface area (Å²) < 4.78 is 0. The molecule has 8 heavy (non-hydrogen) atoms. The topological polar surface area (TPSA) is 32.3 Å². The average molecular weight is 114 g/mol. The van der Waals surface area contributed by atoms with Crippen LogP contribution in [-0.4, -0.2) is 37.5 Å². The summed E-state index contributed by atoms with van der Waals surface area (Å²) in [5.74, 6) is 0.277. The molecule has 0 atom stereocenters. The third kappa shape index (κ3) is 1.28. The van der Waals surface area contributed by atoms with Gasteiger partial charge in [0, 0.05) is 6.67 Å². The highest BCUT2D eigenvalue weighted by atomic mass is 16.1. The van der Waals surface area contributed by atoms with Crippen molar-refractivity contribution in [2.24, 2.45) is 0 Å². The van der Waals surface area contributed by atoms with Crippen LogP contribution in [0.4, 0.5) is 0 Å². The zero-order valence-electron chi connectivity index (χ0n) is 4.98. The number of nitrogens with zero attached hydrogens (tertiary/aromatic N) is 1. The van der Waals surface area contributed by atoms with Gasteiger partial charge in [-0.25, -0.2) is 0 Å². The average Bonchev–Trinajstić information content (AvgIpc) is 1.64. The maximum Gasteiger partial charge on any atom is 0.160 e. The molecule has 0 saturated carbocycles. The Morgan fingerprint density at radius 1 is 1.75 bits per heavy atom. The van der Waals surface area contributed by atoms with Gasteiger partial charge in [-0.05, 0) is 7.05 Å². The van der Waals surface area contributed by atoms with E-state index < -0.39 is 0 Å². The highest BCUT2D eigenvalue weighted by molar-refractivity contribution is 5.82. The van der Waals surface area contributed by atoms with E-state index in [0.29, 0.717) is 13.1 Å². The van der Waals surface area contributed by atoms with E-state index >= 15 is 0 Å². The van der Waals surface area contributed by atoms with Crippen molar-refractivity contribution >= 4 is 5.78 Å². The second kappa shape index (κ2) is 2.24. The van der Waals surface area contributed by atoms with E-state index in [2.05, 4.69) is 5.32 Å². The Hall–Kier alpha value is -0.410. The molecule has 0 radical (unpaired) electrons. The van der Waals surface area contributed by atoms with Gasteiger partial charge in [-0.3, -0.25) is 15.0 Å². The zero-order valence-corrected chi connectivity index (χ0v) is 4.98. The highest BCUT2D eigenvalue weighted by Gasteiger charge is 2.10. The number of hydrogen-bond acceptors (Lipinski definition) is 3. The van der Waals surface area contributed by atoms with E-state index in [1.54, 1.807) is 0 Å². The summed E-state index contributed by atoms with van der Waals surface area (Å²) >= 11 is 0. The second-order valence-corrected chi connectivity index (χ2v) is 2.14. The molecule has 1 aliphatic heterocycles. The van der Waals surface area contributed by atoms with Crippen molar-refractivity contribution in [3.05, 3.63) is 0 Å². The lowest BCUT2D eigenvalue weighted by atomic mass is 10.3. The van der Waals surface area contributed by atoms with Gasteiger partial charge < -0.3 is 0 Å². The fraction of sp³-hybridized carbons (Fsp3) is 0.800. The number of carbonyl (C=O) groups is 1. The van der Waals surface area contributed by atoms with Crippen LogP contribution in [0.2, 0.25) is 0 Å². The molecule has 1 fully saturated rings. The van der Waals surface area contributed by atoms with Crippen LogP contribution in [0, 0.1) is 0 Å². The first-order valence-corrected chi connectivity index (χ1v) is 2.70. The lowest BCUT2D eigenvalue weighted by molar-refractivity contribution is -0.120. The molecular formula is C5H10N2O. The smallest absolute Gasteiger partial charge is 0.160 e. The second-order valence-electron chi connectivity index (χ2n) is 2.14. The van der Waals surface area contributed by atoms with Gasteiger partial charge in [-0.1, -0.05) is 0 Å². The van der Waals surface area contributed by atoms with Gasteiger partial charge in [0.1, 0.15) is 0 Å². The number of ketones is 1. The van der Waals surface area contributed by atoms with Crippen molar-refractivity contribution in [3.63, 3.8) is 0 Å². The summed E-state index contributed by atoms with van der Waals surface area (Å²) in [6.07, 6.45) is 0. The van der Waals surface area contributed by atoms with Gasteiger partial charge in [-0.15, -0.1) is 0 Å². The maximum atomic E-state index is 10.6. The first-order chi connectivity index (χ1) is 3.79. The number of hydrogen-bond donors (Lipinski definition) is 1. The molecule has 0 unspecified atom stereocenters. The van der Waals surface area contributed by atoms with Crippen molar-refractivity contribution in [1.29, 1.82) is 0 Å². The molecule has 0 bridgehead atoms. The van der Waals surface area contributed by atoms with Crippen LogP contribution in [0.5, 0.6) is 0 Å². The van der Waals surface area contributed by atoms with Crippen molar-refractivity contribution in [2.75, 3.05) is 26.8 Å². The molecule has 0 aliphatic carbocycles. The lowest BCUT2D eigenvalue weighted by Gasteiger charge is -2.21. The minimum atomic E-state index is 0.277. The van der Waals surface area contributed by atoms with Gasteiger partial charge in [0.05, 0.1) is 13.1 Å². The third-order valence-electron chi connectivity index (χ3n) is 1.15. The molecule has 3 nitrogen and oxygen atoms in total. The van der Waals surface area contributed by atoms with Crippen LogP contribution in [0.3, 0.4) is 0 Å². The van der Waals surface area contributed by atoms with E-state index in [-0.39, 0.29) is 5.78 Å². The fourth-order valence-electron chi connectivity index (χ4n) is 0.799. The van der Waals surface area contributed by atoms with Gasteiger partial charge in [0.2, 0.25) is 0 Å². The fourth-order valence-corrected chi connectivity index (χ4v) is 0.799. The molecule has 1 heterocycles. The van der Waals surface area contributed by atoms with Crippen LogP contribution in [0.15, 0.2) is 0 Å². The SMILES string of the molecule is CN1CNCC(=O)C1. The monoisotopic (exact) mass is 114 g/mol. The van der Waals surface area contributed by atoms with Crippen LogP contribution in [0.25, 0.3) is 0 Å². The summed E-state index contributed by atoms with van der Waals surface area (Å²) in [7, 11) is 1.92. The summed E-state index contributed by atoms with van der Waals surface area (Å²) in [5.41, 5.74) is 0. The molecule has 0 amide bonds. The molecule has 0 aromatic rings. The van der Waals surface area contributed by atoms with Gasteiger partial charge in [0.15, 0.2) is 5.78 Å². The number of likely N-dealkylation sites (N-methyl/N-ethyl adjacent to an activating group) is 1. The quantitative estimate of drug-likeness (QED) is 0.440. The Morgan fingerprint density at radius 2 is 2.50 bits per heavy atom. The van der Waals surface area contributed by atoms with Crippen LogP contribution in [-0.2, 0) is 4.79 Å². The van der Waals surface area contributed by atoms with Crippen LogP contribution in [0.1, 0.15) is 0 Å². The molecule has 3 heteroatoms. The Bertz CT molecular complexity index is 103. The predicted octanol–water partition coefficient (Wildman–Crippen LogP) is -0.952. The Kier molecular flexibility index (Phi) is 1.60. The van der Waals surface area contributed by atoms with E-state index in [4.69, 9.17) is 0 Å². The van der Waals surface area contributed by atoms with Crippen molar-refractivity contribution in [2.45, 2.75) is 0 Å². The minimum Gasteiger partial charge on any atom is -0.297 e. The summed E-state index contributed by atoms with van der Waals surface area (Å²) in [4.78, 5) is 12.5. The minimum absolute atomic E-state index is 0.277. The van der Waals surface area contributed by atoms with E-state index in [1.807, 2.05) is 11.9 Å². The summed E-state index contributed by atoms with van der Waals surface area (Å²) in [6, 6.07) is 0. The molecule has 46 valence electrons. The molecule has 1 saturated heterocycles. The van der Waals surface area contributed by atoms with Crippen molar-refractivity contribution in [3.8, 4) is 0 Å². The molecule has 1 rings (SSSR count). The zero-order chi connectivity index (χ0) is 5.98. The Morgan fingerprint density at radius 3 is 2.88 bits per heavy atom. The van der Waals surface area contributed by atoms with Gasteiger partial charge in [-0.2, -0.15) is 0 Å². The highest BCUT2D eigenvalue weighted by Crippen LogP contribution is 1.85. The third-order valence-corrected chi connectivity index (χ3v) is 1.15. The molecule has 0 aromatic carbocycles. The molecule has 0 spiro atoms. The van der Waals surface area contributed by atoms with Crippen molar-refractivity contribution < 1.29 is 4.79 Å². The number of carbonyl (C=O) groups excluding carboxylic acids is 1. The summed E-state index contributed by atoms with van der Waals surface area (Å²) in [5, 5.41) is 2.96. The maximum absolute atomic E-state index is 10.6. The number of Topliss-reactive ketones (excluding diaryl/α,β-unsaturated/α-hetero) is 1. The van der Waals surface area contributed by atoms with Crippen molar-refractivity contribution in [1.82, 2.24) is 10.2 Å². The van der Waals surface area contributed by atoms with Crippen LogP contribution < -0.4 is 5.32 Å². The van der Waals surface area contributed by atoms with E-state index in [9.17, 15) is 4.79 Å². The normalized spacial score (nSPS) is 23.9. The molecule has 0 aromatic heterocycles. The standard InChI is InChI=1S/C5H10N2O/c1-7-3-5(8)2-6-4-7/h6H,2-4H2,1H3. The van der Waals surface area contributed by atoms with Gasteiger partial charge in [0.25, 0.3) is 0 Å². The Balaban J connectivity index is 2.34. The van der Waals surface area contributed by atoms with Crippen LogP contribution >= 0.6 is 0 Å². The molecule has 1 N–H and O–H groups in total. The van der Waals surface area contributed by atoms with E-state index in [1.165, 1.54) is 0 Å². The van der Waals surface area contributed by atoms with E-state index in [0.717, 1.165) is 6.67 Å². The first kappa shape index (κ1) is 5.72. The lowest BCUT2D eigenvalue weighted by Crippen LogP contribution is -2.45. The molecular weight excluding hydrogens is 104 g/mol. The predicted molar refractivity (Wildman–Crippen MR) is 30.5 cm³/mol.